The first kappa shape index (κ1) is 11.1. The maximum absolute atomic E-state index is 11.2. The fourth-order valence-electron chi connectivity index (χ4n) is 0.837. The van der Waals surface area contributed by atoms with E-state index in [1.807, 2.05) is 0 Å². The van der Waals surface area contributed by atoms with E-state index < -0.39 is 5.97 Å². The lowest BCUT2D eigenvalue weighted by Gasteiger charge is -2.02. The van der Waals surface area contributed by atoms with Gasteiger partial charge in [0.05, 0.1) is 11.4 Å². The molecular weight excluding hydrogens is 224 g/mol. The van der Waals surface area contributed by atoms with Crippen molar-refractivity contribution >= 4 is 28.9 Å². The third-order valence-corrected chi connectivity index (χ3v) is 2.62. The minimum atomic E-state index is -0.444. The van der Waals surface area contributed by atoms with Crippen LogP contribution >= 0.6 is 22.9 Å². The van der Waals surface area contributed by atoms with E-state index in [4.69, 9.17) is 16.3 Å². The molecule has 0 N–H and O–H groups in total. The van der Waals surface area contributed by atoms with Crippen LogP contribution < -0.4 is 4.74 Å². The predicted molar refractivity (Wildman–Crippen MR) is 56.4 cm³/mol. The van der Waals surface area contributed by atoms with Crippen LogP contribution in [-0.2, 0) is 4.74 Å². The number of methoxy groups -OCH3 is 1. The number of rotatable bonds is 4. The highest BCUT2D eigenvalue weighted by Crippen LogP contribution is 2.33. The van der Waals surface area contributed by atoms with Gasteiger partial charge in [-0.2, -0.15) is 0 Å². The van der Waals surface area contributed by atoms with Crippen LogP contribution in [-0.4, -0.2) is 19.7 Å². The molecule has 1 heterocycles. The molecule has 0 unspecified atom stereocenters. The van der Waals surface area contributed by atoms with Crippen LogP contribution in [0.5, 0.6) is 5.75 Å². The van der Waals surface area contributed by atoms with Crippen molar-refractivity contribution in [2.45, 2.75) is 0 Å². The van der Waals surface area contributed by atoms with Crippen LogP contribution in [0.25, 0.3) is 0 Å². The zero-order valence-electron chi connectivity index (χ0n) is 7.58. The highest BCUT2D eigenvalue weighted by molar-refractivity contribution is 7.18. The van der Waals surface area contributed by atoms with Crippen molar-refractivity contribution in [2.75, 3.05) is 13.7 Å². The third kappa shape index (κ3) is 2.49. The quantitative estimate of drug-likeness (QED) is 0.592. The third-order valence-electron chi connectivity index (χ3n) is 1.40. The number of carbonyl (C=O) groups is 1. The number of halogens is 1. The molecule has 0 atom stereocenters. The van der Waals surface area contributed by atoms with Gasteiger partial charge >= 0.3 is 5.97 Å². The molecule has 0 saturated carbocycles. The van der Waals surface area contributed by atoms with Gasteiger partial charge in [-0.05, 0) is 0 Å². The van der Waals surface area contributed by atoms with Gasteiger partial charge < -0.3 is 9.47 Å². The molecule has 3 nitrogen and oxygen atoms in total. The molecule has 1 aromatic heterocycles. The summed E-state index contributed by atoms with van der Waals surface area (Å²) in [6, 6.07) is 1.59. The highest BCUT2D eigenvalue weighted by atomic mass is 35.5. The van der Waals surface area contributed by atoms with Crippen LogP contribution in [0.4, 0.5) is 0 Å². The molecule has 0 radical (unpaired) electrons. The van der Waals surface area contributed by atoms with Crippen LogP contribution in [0, 0.1) is 0 Å². The average molecular weight is 233 g/mol. The molecule has 1 rings (SSSR count). The molecule has 76 valence electrons. The van der Waals surface area contributed by atoms with Crippen molar-refractivity contribution in [1.82, 2.24) is 0 Å². The van der Waals surface area contributed by atoms with Crippen LogP contribution in [0.1, 0.15) is 9.67 Å². The number of hydrogen-bond donors (Lipinski definition) is 0. The summed E-state index contributed by atoms with van der Waals surface area (Å²) in [6.45, 7) is 3.84. The Balaban J connectivity index is 2.90. The fourth-order valence-corrected chi connectivity index (χ4v) is 1.91. The van der Waals surface area contributed by atoms with Gasteiger partial charge in [0.2, 0.25) is 0 Å². The zero-order chi connectivity index (χ0) is 10.6. The fraction of sp³-hybridized carbons (Fsp3) is 0.222. The second kappa shape index (κ2) is 5.02. The largest absolute Gasteiger partial charge is 0.488 e. The normalized spacial score (nSPS) is 9.57. The minimum Gasteiger partial charge on any atom is -0.488 e. The molecule has 0 aliphatic rings. The van der Waals surface area contributed by atoms with Crippen molar-refractivity contribution in [3.63, 3.8) is 0 Å². The Hall–Kier alpha value is -1.00. The number of carbonyl (C=O) groups excluding carboxylic acids is 1. The number of esters is 1. The van der Waals surface area contributed by atoms with Crippen molar-refractivity contribution < 1.29 is 14.3 Å². The van der Waals surface area contributed by atoms with Crippen molar-refractivity contribution in [2.24, 2.45) is 0 Å². The summed E-state index contributed by atoms with van der Waals surface area (Å²) in [4.78, 5) is 11.6. The van der Waals surface area contributed by atoms with E-state index in [0.717, 1.165) is 11.3 Å². The molecule has 0 amide bonds. The summed E-state index contributed by atoms with van der Waals surface area (Å²) in [5.74, 6) is -0.00675. The van der Waals surface area contributed by atoms with Gasteiger partial charge in [-0.3, -0.25) is 0 Å². The monoisotopic (exact) mass is 232 g/mol. The molecule has 1 aromatic rings. The maximum Gasteiger partial charge on any atom is 0.351 e. The standard InChI is InChI=1S/C9H9ClO3S/c1-3-4-13-6-5-7(10)14-8(6)9(11)12-2/h3,5H,1,4H2,2H3. The maximum atomic E-state index is 11.2. The Kier molecular flexibility index (Phi) is 3.98. The summed E-state index contributed by atoms with van der Waals surface area (Å²) in [5, 5.41) is 0. The van der Waals surface area contributed by atoms with E-state index in [1.165, 1.54) is 7.11 Å². The van der Waals surface area contributed by atoms with Gasteiger partial charge in [-0.1, -0.05) is 24.3 Å². The van der Waals surface area contributed by atoms with E-state index in [0.29, 0.717) is 21.6 Å². The molecule has 14 heavy (non-hydrogen) atoms. The van der Waals surface area contributed by atoms with Gasteiger partial charge in [0, 0.05) is 6.07 Å². The lowest BCUT2D eigenvalue weighted by molar-refractivity contribution is 0.0602. The number of hydrogen-bond acceptors (Lipinski definition) is 4. The Bertz CT molecular complexity index is 346. The average Bonchev–Trinajstić information content (AvgIpc) is 2.55. The van der Waals surface area contributed by atoms with Crippen LogP contribution in [0.15, 0.2) is 18.7 Å². The summed E-state index contributed by atoms with van der Waals surface area (Å²) >= 11 is 6.88. The topological polar surface area (TPSA) is 35.5 Å². The first-order valence-corrected chi connectivity index (χ1v) is 4.99. The first-order chi connectivity index (χ1) is 6.69. The van der Waals surface area contributed by atoms with Crippen molar-refractivity contribution in [3.8, 4) is 5.75 Å². The molecule has 0 fully saturated rings. The second-order valence-electron chi connectivity index (χ2n) is 2.34. The Morgan fingerprint density at radius 2 is 2.50 bits per heavy atom. The molecule has 0 spiro atoms. The predicted octanol–water partition coefficient (Wildman–Crippen LogP) is 2.75. The van der Waals surface area contributed by atoms with Gasteiger partial charge in [0.25, 0.3) is 0 Å². The van der Waals surface area contributed by atoms with Gasteiger partial charge in [-0.25, -0.2) is 4.79 Å². The van der Waals surface area contributed by atoms with E-state index >= 15 is 0 Å². The SMILES string of the molecule is C=CCOc1cc(Cl)sc1C(=O)OC. The Morgan fingerprint density at radius 1 is 1.79 bits per heavy atom. The van der Waals surface area contributed by atoms with Crippen molar-refractivity contribution in [1.29, 1.82) is 0 Å². The van der Waals surface area contributed by atoms with Crippen LogP contribution in [0.2, 0.25) is 4.34 Å². The van der Waals surface area contributed by atoms with Gasteiger partial charge in [0.1, 0.15) is 12.4 Å². The summed E-state index contributed by atoms with van der Waals surface area (Å²) < 4.78 is 10.3. The zero-order valence-corrected chi connectivity index (χ0v) is 9.15. The molecule has 0 aliphatic carbocycles. The summed E-state index contributed by atoms with van der Waals surface area (Å²) in [5.41, 5.74) is 0. The number of ether oxygens (including phenoxy) is 2. The van der Waals surface area contributed by atoms with E-state index in [2.05, 4.69) is 11.3 Å². The highest BCUT2D eigenvalue weighted by Gasteiger charge is 2.17. The van der Waals surface area contributed by atoms with E-state index in [9.17, 15) is 4.79 Å². The lowest BCUT2D eigenvalue weighted by Crippen LogP contribution is -2.02. The lowest BCUT2D eigenvalue weighted by atomic mass is 10.4. The molecule has 0 saturated heterocycles. The van der Waals surface area contributed by atoms with Gasteiger partial charge in [0.15, 0.2) is 4.88 Å². The summed E-state index contributed by atoms with van der Waals surface area (Å²) in [7, 11) is 1.31. The molecular formula is C9H9ClO3S. The first-order valence-electron chi connectivity index (χ1n) is 3.80. The smallest absolute Gasteiger partial charge is 0.351 e. The molecule has 0 aromatic carbocycles. The molecule has 0 aliphatic heterocycles. The number of thiophene rings is 1. The van der Waals surface area contributed by atoms with E-state index in [1.54, 1.807) is 12.1 Å². The van der Waals surface area contributed by atoms with Crippen LogP contribution in [0.3, 0.4) is 0 Å². The van der Waals surface area contributed by atoms with E-state index in [-0.39, 0.29) is 0 Å². The van der Waals surface area contributed by atoms with Crippen molar-refractivity contribution in [3.05, 3.63) is 27.9 Å². The summed E-state index contributed by atoms with van der Waals surface area (Å²) in [6.07, 6.45) is 1.59. The molecule has 5 heteroatoms. The minimum absolute atomic E-state index is 0.330. The second-order valence-corrected chi connectivity index (χ2v) is 4.02. The Morgan fingerprint density at radius 3 is 3.07 bits per heavy atom. The van der Waals surface area contributed by atoms with Gasteiger partial charge in [-0.15, -0.1) is 11.3 Å². The Labute approximate surface area is 90.9 Å². The molecule has 0 bridgehead atoms.